The minimum atomic E-state index is -0.521. The Morgan fingerprint density at radius 2 is 2.06 bits per heavy atom. The van der Waals surface area contributed by atoms with Crippen LogP contribution < -0.4 is 5.73 Å². The number of benzene rings is 1. The van der Waals surface area contributed by atoms with Crippen molar-refractivity contribution in [3.63, 3.8) is 0 Å². The Morgan fingerprint density at radius 3 is 2.89 bits per heavy atom. The highest BCUT2D eigenvalue weighted by Gasteiger charge is 2.20. The van der Waals surface area contributed by atoms with Crippen molar-refractivity contribution in [3.8, 4) is 11.4 Å². The molecule has 1 aliphatic heterocycles. The molecule has 92 valence electrons. The van der Waals surface area contributed by atoms with Gasteiger partial charge in [0.25, 0.3) is 5.91 Å². The van der Waals surface area contributed by atoms with Crippen LogP contribution in [0.3, 0.4) is 0 Å². The van der Waals surface area contributed by atoms with Crippen molar-refractivity contribution in [2.75, 3.05) is 0 Å². The van der Waals surface area contributed by atoms with Crippen molar-refractivity contribution in [3.05, 3.63) is 35.7 Å². The number of fused-ring (bicyclic) bond motifs is 3. The van der Waals surface area contributed by atoms with Crippen LogP contribution in [0.5, 0.6) is 0 Å². The van der Waals surface area contributed by atoms with Crippen LogP contribution in [-0.2, 0) is 13.0 Å². The van der Waals surface area contributed by atoms with Gasteiger partial charge in [0.2, 0.25) is 5.82 Å². The third kappa shape index (κ3) is 1.68. The van der Waals surface area contributed by atoms with E-state index in [0.717, 1.165) is 37.2 Å². The molecule has 0 aliphatic carbocycles. The minimum absolute atomic E-state index is 0.252. The monoisotopic (exact) mass is 242 g/mol. The molecule has 0 spiro atoms. The molecule has 0 radical (unpaired) electrons. The summed E-state index contributed by atoms with van der Waals surface area (Å²) >= 11 is 0. The second-order valence-electron chi connectivity index (χ2n) is 4.48. The molecule has 2 aromatic rings. The predicted molar refractivity (Wildman–Crippen MR) is 66.9 cm³/mol. The summed E-state index contributed by atoms with van der Waals surface area (Å²) in [5.41, 5.74) is 7.63. The molecule has 1 amide bonds. The van der Waals surface area contributed by atoms with Crippen molar-refractivity contribution in [2.45, 2.75) is 25.8 Å². The van der Waals surface area contributed by atoms with Gasteiger partial charge in [-0.3, -0.25) is 4.79 Å². The summed E-state index contributed by atoms with van der Waals surface area (Å²) < 4.78 is 1.83. The second kappa shape index (κ2) is 4.25. The van der Waals surface area contributed by atoms with Crippen LogP contribution in [0, 0.1) is 0 Å². The Balaban J connectivity index is 2.22. The van der Waals surface area contributed by atoms with Crippen LogP contribution in [0.4, 0.5) is 0 Å². The number of hydrogen-bond acceptors (Lipinski definition) is 3. The van der Waals surface area contributed by atoms with E-state index in [2.05, 4.69) is 16.3 Å². The van der Waals surface area contributed by atoms with Crippen molar-refractivity contribution in [1.29, 1.82) is 0 Å². The average Bonchev–Trinajstić information content (AvgIpc) is 2.75. The first kappa shape index (κ1) is 11.0. The topological polar surface area (TPSA) is 73.8 Å². The van der Waals surface area contributed by atoms with E-state index in [1.165, 1.54) is 5.56 Å². The first-order chi connectivity index (χ1) is 8.77. The lowest BCUT2D eigenvalue weighted by Crippen LogP contribution is -2.19. The van der Waals surface area contributed by atoms with Gasteiger partial charge in [0.1, 0.15) is 0 Å². The highest BCUT2D eigenvalue weighted by molar-refractivity contribution is 5.89. The molecule has 3 rings (SSSR count). The van der Waals surface area contributed by atoms with Crippen molar-refractivity contribution < 1.29 is 4.79 Å². The smallest absolute Gasteiger partial charge is 0.286 e. The number of amides is 1. The number of primary amides is 1. The summed E-state index contributed by atoms with van der Waals surface area (Å²) in [6.45, 7) is 0.745. The average molecular weight is 242 g/mol. The first-order valence-corrected chi connectivity index (χ1v) is 6.08. The Hall–Kier alpha value is -2.17. The molecule has 1 aromatic heterocycles. The minimum Gasteiger partial charge on any atom is -0.363 e. The maximum absolute atomic E-state index is 11.3. The quantitative estimate of drug-likeness (QED) is 0.821. The van der Waals surface area contributed by atoms with Gasteiger partial charge in [-0.25, -0.2) is 0 Å². The van der Waals surface area contributed by atoms with Gasteiger partial charge >= 0.3 is 0 Å². The summed E-state index contributed by atoms with van der Waals surface area (Å²) in [4.78, 5) is 11.3. The fourth-order valence-corrected chi connectivity index (χ4v) is 2.44. The number of hydrogen-bond donors (Lipinski definition) is 1. The summed E-state index contributed by atoms with van der Waals surface area (Å²) in [7, 11) is 0. The standard InChI is InChI=1S/C13H14N4O/c14-11(18)13-16-15-12-10-7-2-1-5-9(10)6-3-4-8-17(12)13/h1-2,5,7H,3-4,6,8H2,(H2,14,18). The van der Waals surface area contributed by atoms with E-state index in [4.69, 9.17) is 5.73 Å². The fourth-order valence-electron chi connectivity index (χ4n) is 2.44. The molecular formula is C13H14N4O. The summed E-state index contributed by atoms with van der Waals surface area (Å²) in [5, 5.41) is 8.05. The van der Waals surface area contributed by atoms with E-state index >= 15 is 0 Å². The van der Waals surface area contributed by atoms with Gasteiger partial charge in [-0.1, -0.05) is 24.3 Å². The molecule has 5 heteroatoms. The van der Waals surface area contributed by atoms with Crippen LogP contribution in [0.1, 0.15) is 29.0 Å². The Morgan fingerprint density at radius 1 is 1.22 bits per heavy atom. The zero-order valence-corrected chi connectivity index (χ0v) is 9.97. The molecule has 0 atom stereocenters. The highest BCUT2D eigenvalue weighted by atomic mass is 16.1. The molecule has 1 aliphatic rings. The van der Waals surface area contributed by atoms with Crippen LogP contribution in [-0.4, -0.2) is 20.7 Å². The van der Waals surface area contributed by atoms with Gasteiger partial charge in [0.15, 0.2) is 5.82 Å². The van der Waals surface area contributed by atoms with E-state index in [1.54, 1.807) is 0 Å². The molecular weight excluding hydrogens is 228 g/mol. The number of aromatic nitrogens is 3. The molecule has 2 N–H and O–H groups in total. The lowest BCUT2D eigenvalue weighted by Gasteiger charge is -2.15. The summed E-state index contributed by atoms with van der Waals surface area (Å²) in [5.74, 6) is 0.479. The molecule has 0 unspecified atom stereocenters. The van der Waals surface area contributed by atoms with Crippen LogP contribution in [0.15, 0.2) is 24.3 Å². The van der Waals surface area contributed by atoms with E-state index < -0.39 is 5.91 Å². The van der Waals surface area contributed by atoms with E-state index in [-0.39, 0.29) is 5.82 Å². The van der Waals surface area contributed by atoms with Gasteiger partial charge < -0.3 is 10.3 Å². The van der Waals surface area contributed by atoms with Gasteiger partial charge in [0.05, 0.1) is 0 Å². The summed E-state index contributed by atoms with van der Waals surface area (Å²) in [6, 6.07) is 8.12. The SMILES string of the molecule is NC(=O)c1nnc2n1CCCCc1ccccc1-2. The number of carbonyl (C=O) groups is 1. The van der Waals surface area contributed by atoms with Crippen molar-refractivity contribution in [2.24, 2.45) is 5.73 Å². The Kier molecular flexibility index (Phi) is 2.59. The van der Waals surface area contributed by atoms with Crippen molar-refractivity contribution >= 4 is 5.91 Å². The van der Waals surface area contributed by atoms with E-state index in [9.17, 15) is 4.79 Å². The van der Waals surface area contributed by atoms with Crippen LogP contribution in [0.2, 0.25) is 0 Å². The zero-order valence-electron chi connectivity index (χ0n) is 9.97. The van der Waals surface area contributed by atoms with Gasteiger partial charge in [-0.15, -0.1) is 10.2 Å². The molecule has 0 fully saturated rings. The Labute approximate surface area is 105 Å². The lowest BCUT2D eigenvalue weighted by atomic mass is 9.99. The van der Waals surface area contributed by atoms with Crippen molar-refractivity contribution in [1.82, 2.24) is 14.8 Å². The van der Waals surface area contributed by atoms with E-state index in [1.807, 2.05) is 22.8 Å². The molecule has 2 heterocycles. The number of aryl methyl sites for hydroxylation is 1. The second-order valence-corrected chi connectivity index (χ2v) is 4.48. The number of carbonyl (C=O) groups excluding carboxylic acids is 1. The Bertz CT molecular complexity index is 603. The van der Waals surface area contributed by atoms with Gasteiger partial charge in [0, 0.05) is 12.1 Å². The molecule has 18 heavy (non-hydrogen) atoms. The normalized spacial score (nSPS) is 14.2. The predicted octanol–water partition coefficient (Wildman–Crippen LogP) is 1.38. The maximum Gasteiger partial charge on any atom is 0.286 e. The highest BCUT2D eigenvalue weighted by Crippen LogP contribution is 2.26. The first-order valence-electron chi connectivity index (χ1n) is 6.08. The van der Waals surface area contributed by atoms with Crippen LogP contribution >= 0.6 is 0 Å². The molecule has 0 saturated heterocycles. The third-order valence-electron chi connectivity index (χ3n) is 3.31. The van der Waals surface area contributed by atoms with E-state index in [0.29, 0.717) is 0 Å². The maximum atomic E-state index is 11.3. The van der Waals surface area contributed by atoms with Gasteiger partial charge in [-0.2, -0.15) is 0 Å². The third-order valence-corrected chi connectivity index (χ3v) is 3.31. The van der Waals surface area contributed by atoms with Crippen LogP contribution in [0.25, 0.3) is 11.4 Å². The molecule has 0 bridgehead atoms. The molecule has 1 aromatic carbocycles. The zero-order chi connectivity index (χ0) is 12.5. The number of rotatable bonds is 1. The number of nitrogens with zero attached hydrogens (tertiary/aromatic N) is 3. The van der Waals surface area contributed by atoms with Gasteiger partial charge in [-0.05, 0) is 24.8 Å². The summed E-state index contributed by atoms with van der Waals surface area (Å²) in [6.07, 6.45) is 3.13. The lowest BCUT2D eigenvalue weighted by molar-refractivity contribution is 0.0985. The molecule has 0 saturated carbocycles. The largest absolute Gasteiger partial charge is 0.363 e. The molecule has 5 nitrogen and oxygen atoms in total. The fraction of sp³-hybridized carbons (Fsp3) is 0.308. The number of nitrogens with two attached hydrogens (primary N) is 1.